The average molecular weight is 256 g/mol. The maximum Gasteiger partial charge on any atom is 0.305 e. The number of carboxylic acids is 1. The number of piperazine rings is 1. The number of hydrogen-bond acceptors (Lipinski definition) is 3. The van der Waals surface area contributed by atoms with Crippen LogP contribution in [0.3, 0.4) is 0 Å². The predicted molar refractivity (Wildman–Crippen MR) is 73.8 cm³/mol. The van der Waals surface area contributed by atoms with Gasteiger partial charge in [-0.25, -0.2) is 0 Å². The summed E-state index contributed by atoms with van der Waals surface area (Å²) >= 11 is 0. The van der Waals surface area contributed by atoms with E-state index in [9.17, 15) is 4.79 Å². The van der Waals surface area contributed by atoms with Gasteiger partial charge in [0.25, 0.3) is 0 Å². The Balaban J connectivity index is 2.66. The van der Waals surface area contributed by atoms with Crippen LogP contribution in [0.4, 0.5) is 0 Å². The van der Waals surface area contributed by atoms with Gasteiger partial charge in [-0.05, 0) is 32.7 Å². The number of carboxylic acid groups (broad SMARTS) is 1. The van der Waals surface area contributed by atoms with Gasteiger partial charge in [0, 0.05) is 31.7 Å². The smallest absolute Gasteiger partial charge is 0.305 e. The fourth-order valence-electron chi connectivity index (χ4n) is 2.63. The number of aliphatic carboxylic acids is 1. The molecular formula is C14H28N2O2. The fourth-order valence-corrected chi connectivity index (χ4v) is 2.63. The van der Waals surface area contributed by atoms with Gasteiger partial charge in [-0.1, -0.05) is 13.8 Å². The van der Waals surface area contributed by atoms with E-state index in [0.29, 0.717) is 5.92 Å². The summed E-state index contributed by atoms with van der Waals surface area (Å²) < 4.78 is 0. The van der Waals surface area contributed by atoms with Crippen LogP contribution in [0, 0.1) is 5.92 Å². The largest absolute Gasteiger partial charge is 0.481 e. The van der Waals surface area contributed by atoms with Crippen molar-refractivity contribution in [3.63, 3.8) is 0 Å². The summed E-state index contributed by atoms with van der Waals surface area (Å²) in [6.07, 6.45) is 2.32. The molecule has 1 N–H and O–H groups in total. The summed E-state index contributed by atoms with van der Waals surface area (Å²) in [4.78, 5) is 15.8. The molecule has 0 aliphatic carbocycles. The number of likely N-dealkylation sites (N-methyl/N-ethyl adjacent to an activating group) is 1. The Morgan fingerprint density at radius 3 is 2.28 bits per heavy atom. The van der Waals surface area contributed by atoms with Crippen LogP contribution in [0.1, 0.15) is 40.0 Å². The second kappa shape index (κ2) is 6.53. The lowest BCUT2D eigenvalue weighted by atomic mass is 9.86. The van der Waals surface area contributed by atoms with Gasteiger partial charge in [0.05, 0.1) is 6.42 Å². The van der Waals surface area contributed by atoms with Gasteiger partial charge in [0.15, 0.2) is 0 Å². The van der Waals surface area contributed by atoms with Crippen molar-refractivity contribution in [1.29, 1.82) is 0 Å². The van der Waals surface area contributed by atoms with Crippen molar-refractivity contribution in [2.45, 2.75) is 45.6 Å². The van der Waals surface area contributed by atoms with E-state index in [0.717, 1.165) is 39.0 Å². The first kappa shape index (κ1) is 15.4. The molecular weight excluding hydrogens is 228 g/mol. The number of nitrogens with zero attached hydrogens (tertiary/aromatic N) is 2. The van der Waals surface area contributed by atoms with Crippen LogP contribution in [-0.2, 0) is 4.79 Å². The minimum Gasteiger partial charge on any atom is -0.481 e. The standard InChI is InChI=1S/C14H28N2O2/c1-12(2)5-6-14(3,11-13(17)18)16-9-7-15(4)8-10-16/h12H,5-11H2,1-4H3,(H,17,18). The van der Waals surface area contributed by atoms with E-state index >= 15 is 0 Å². The van der Waals surface area contributed by atoms with Crippen LogP contribution in [0.25, 0.3) is 0 Å². The summed E-state index contributed by atoms with van der Waals surface area (Å²) in [6.45, 7) is 10.6. The van der Waals surface area contributed by atoms with Crippen LogP contribution < -0.4 is 0 Å². The van der Waals surface area contributed by atoms with Gasteiger partial charge in [-0.15, -0.1) is 0 Å². The Bertz CT molecular complexity index is 273. The Morgan fingerprint density at radius 1 is 1.28 bits per heavy atom. The lowest BCUT2D eigenvalue weighted by molar-refractivity contribution is -0.140. The molecule has 0 aromatic heterocycles. The van der Waals surface area contributed by atoms with Gasteiger partial charge < -0.3 is 10.0 Å². The van der Waals surface area contributed by atoms with Crippen LogP contribution >= 0.6 is 0 Å². The molecule has 1 atom stereocenters. The third-order valence-electron chi connectivity index (χ3n) is 4.06. The van der Waals surface area contributed by atoms with Crippen molar-refractivity contribution in [3.8, 4) is 0 Å². The lowest BCUT2D eigenvalue weighted by Gasteiger charge is -2.45. The van der Waals surface area contributed by atoms with E-state index in [2.05, 4.69) is 37.6 Å². The van der Waals surface area contributed by atoms with Crippen molar-refractivity contribution in [1.82, 2.24) is 9.80 Å². The summed E-state index contributed by atoms with van der Waals surface area (Å²) in [5, 5.41) is 9.16. The van der Waals surface area contributed by atoms with Gasteiger partial charge in [-0.3, -0.25) is 9.69 Å². The fraction of sp³-hybridized carbons (Fsp3) is 0.929. The Labute approximate surface area is 111 Å². The van der Waals surface area contributed by atoms with Gasteiger partial charge in [0.1, 0.15) is 0 Å². The third-order valence-corrected chi connectivity index (χ3v) is 4.06. The molecule has 1 rings (SSSR count). The Hall–Kier alpha value is -0.610. The molecule has 0 aromatic rings. The Kier molecular flexibility index (Phi) is 5.60. The normalized spacial score (nSPS) is 22.1. The molecule has 0 radical (unpaired) electrons. The molecule has 1 saturated heterocycles. The molecule has 1 fully saturated rings. The highest BCUT2D eigenvalue weighted by Gasteiger charge is 2.35. The van der Waals surface area contributed by atoms with Crippen LogP contribution in [0.5, 0.6) is 0 Å². The molecule has 0 amide bonds. The molecule has 0 bridgehead atoms. The molecule has 18 heavy (non-hydrogen) atoms. The molecule has 4 heteroatoms. The average Bonchev–Trinajstić information content (AvgIpc) is 2.26. The second-order valence-corrected chi connectivity index (χ2v) is 6.29. The summed E-state index contributed by atoms with van der Waals surface area (Å²) in [5.41, 5.74) is -0.183. The monoisotopic (exact) mass is 256 g/mol. The van der Waals surface area contributed by atoms with E-state index in [1.165, 1.54) is 0 Å². The van der Waals surface area contributed by atoms with E-state index < -0.39 is 5.97 Å². The number of hydrogen-bond donors (Lipinski definition) is 1. The van der Waals surface area contributed by atoms with Crippen molar-refractivity contribution in [3.05, 3.63) is 0 Å². The zero-order valence-corrected chi connectivity index (χ0v) is 12.3. The van der Waals surface area contributed by atoms with Crippen molar-refractivity contribution in [2.24, 2.45) is 5.92 Å². The zero-order valence-electron chi connectivity index (χ0n) is 12.3. The molecule has 0 saturated carbocycles. The first-order valence-corrected chi connectivity index (χ1v) is 6.99. The van der Waals surface area contributed by atoms with Gasteiger partial charge >= 0.3 is 5.97 Å². The van der Waals surface area contributed by atoms with Gasteiger partial charge in [-0.2, -0.15) is 0 Å². The molecule has 4 nitrogen and oxygen atoms in total. The summed E-state index contributed by atoms with van der Waals surface area (Å²) in [7, 11) is 2.12. The first-order valence-electron chi connectivity index (χ1n) is 6.99. The Morgan fingerprint density at radius 2 is 1.83 bits per heavy atom. The van der Waals surface area contributed by atoms with E-state index in [1.807, 2.05) is 0 Å². The number of rotatable bonds is 6. The highest BCUT2D eigenvalue weighted by atomic mass is 16.4. The quantitative estimate of drug-likeness (QED) is 0.788. The highest BCUT2D eigenvalue weighted by Crippen LogP contribution is 2.28. The topological polar surface area (TPSA) is 43.8 Å². The first-order chi connectivity index (χ1) is 8.33. The molecule has 1 aliphatic heterocycles. The number of carbonyl (C=O) groups is 1. The van der Waals surface area contributed by atoms with E-state index in [4.69, 9.17) is 5.11 Å². The van der Waals surface area contributed by atoms with Crippen LogP contribution in [-0.4, -0.2) is 59.6 Å². The second-order valence-electron chi connectivity index (χ2n) is 6.29. The minimum atomic E-state index is -0.680. The molecule has 1 aliphatic rings. The molecule has 106 valence electrons. The maximum absolute atomic E-state index is 11.1. The van der Waals surface area contributed by atoms with E-state index in [-0.39, 0.29) is 12.0 Å². The predicted octanol–water partition coefficient (Wildman–Crippen LogP) is 1.90. The van der Waals surface area contributed by atoms with Crippen molar-refractivity contribution < 1.29 is 9.90 Å². The third kappa shape index (κ3) is 4.58. The van der Waals surface area contributed by atoms with Crippen LogP contribution in [0.15, 0.2) is 0 Å². The summed E-state index contributed by atoms with van der Waals surface area (Å²) in [6, 6.07) is 0. The van der Waals surface area contributed by atoms with Crippen molar-refractivity contribution in [2.75, 3.05) is 33.2 Å². The van der Waals surface area contributed by atoms with Crippen LogP contribution in [0.2, 0.25) is 0 Å². The minimum absolute atomic E-state index is 0.183. The van der Waals surface area contributed by atoms with Crippen molar-refractivity contribution >= 4 is 5.97 Å². The molecule has 0 aromatic carbocycles. The lowest BCUT2D eigenvalue weighted by Crippen LogP contribution is -2.55. The molecule has 0 spiro atoms. The van der Waals surface area contributed by atoms with E-state index in [1.54, 1.807) is 0 Å². The molecule has 1 unspecified atom stereocenters. The zero-order chi connectivity index (χ0) is 13.8. The maximum atomic E-state index is 11.1. The van der Waals surface area contributed by atoms with Gasteiger partial charge in [0.2, 0.25) is 0 Å². The SMILES string of the molecule is CC(C)CCC(C)(CC(=O)O)N1CCN(C)CC1. The summed E-state index contributed by atoms with van der Waals surface area (Å²) in [5.74, 6) is -0.0502. The highest BCUT2D eigenvalue weighted by molar-refractivity contribution is 5.68. The molecule has 1 heterocycles.